The maximum atomic E-state index is 13.3. The monoisotopic (exact) mass is 450 g/mol. The van der Waals surface area contributed by atoms with Crippen molar-refractivity contribution in [3.63, 3.8) is 0 Å². The van der Waals surface area contributed by atoms with E-state index in [9.17, 15) is 24.3 Å². The van der Waals surface area contributed by atoms with Gasteiger partial charge in [0.15, 0.2) is 0 Å². The van der Waals surface area contributed by atoms with Gasteiger partial charge in [0.2, 0.25) is 17.7 Å². The number of phenols is 1. The largest absolute Gasteiger partial charge is 0.508 e. The molecule has 5 N–H and O–H groups in total. The van der Waals surface area contributed by atoms with Crippen molar-refractivity contribution in [1.29, 1.82) is 0 Å². The van der Waals surface area contributed by atoms with Gasteiger partial charge in [-0.1, -0.05) is 12.1 Å². The summed E-state index contributed by atoms with van der Waals surface area (Å²) in [5, 5.41) is 15.0. The fourth-order valence-electron chi connectivity index (χ4n) is 2.91. The van der Waals surface area contributed by atoms with Crippen LogP contribution in [0.15, 0.2) is 24.3 Å². The molecule has 2 unspecified atom stereocenters. The Hall–Kier alpha value is -3.30. The second-order valence-electron chi connectivity index (χ2n) is 9.56. The van der Waals surface area contributed by atoms with E-state index in [2.05, 4.69) is 10.6 Å². The van der Waals surface area contributed by atoms with Crippen LogP contribution in [-0.4, -0.2) is 58.1 Å². The Kier molecular flexibility index (Phi) is 8.64. The number of carbonyl (C=O) groups is 4. The molecule has 2 atom stereocenters. The van der Waals surface area contributed by atoms with Crippen LogP contribution in [0.3, 0.4) is 0 Å². The summed E-state index contributed by atoms with van der Waals surface area (Å²) in [5.41, 5.74) is 4.19. The predicted molar refractivity (Wildman–Crippen MR) is 118 cm³/mol. The average Bonchev–Trinajstić information content (AvgIpc) is 2.57. The third kappa shape index (κ3) is 8.83. The zero-order valence-corrected chi connectivity index (χ0v) is 19.7. The summed E-state index contributed by atoms with van der Waals surface area (Å²) in [6.07, 6.45) is -1.39. The molecule has 0 fully saturated rings. The first-order valence-corrected chi connectivity index (χ1v) is 10.2. The Labute approximate surface area is 188 Å². The van der Waals surface area contributed by atoms with Crippen LogP contribution in [0, 0.1) is 0 Å². The van der Waals surface area contributed by atoms with E-state index in [1.807, 2.05) is 0 Å². The molecule has 1 aromatic carbocycles. The third-order valence-corrected chi connectivity index (χ3v) is 4.06. The molecule has 32 heavy (non-hydrogen) atoms. The topological polar surface area (TPSA) is 151 Å². The standard InChI is InChI=1S/C22H34N4O6/c1-21(2,3)25-18(29)17(13-9-8-10-14(27)11-13)26(7)19(30)15(12-16(23)28)24-20(31)32-22(4,5)6/h8-11,15,17,27H,12H2,1-7H3,(H2,23,28)(H,24,31)(H,25,29). The molecule has 0 aliphatic carbocycles. The molecule has 0 bridgehead atoms. The zero-order valence-electron chi connectivity index (χ0n) is 19.7. The first-order chi connectivity index (χ1) is 14.5. The average molecular weight is 451 g/mol. The minimum absolute atomic E-state index is 0.0857. The summed E-state index contributed by atoms with van der Waals surface area (Å²) in [5.74, 6) is -2.14. The highest BCUT2D eigenvalue weighted by molar-refractivity contribution is 5.94. The van der Waals surface area contributed by atoms with E-state index in [0.717, 1.165) is 4.90 Å². The van der Waals surface area contributed by atoms with Crippen LogP contribution in [0.2, 0.25) is 0 Å². The highest BCUT2D eigenvalue weighted by Gasteiger charge is 2.36. The summed E-state index contributed by atoms with van der Waals surface area (Å²) < 4.78 is 5.17. The number of likely N-dealkylation sites (N-methyl/N-ethyl adjacent to an activating group) is 1. The molecular formula is C22H34N4O6. The molecule has 10 heteroatoms. The van der Waals surface area contributed by atoms with Crippen molar-refractivity contribution in [2.24, 2.45) is 5.73 Å². The molecule has 1 aromatic rings. The Morgan fingerprint density at radius 2 is 1.72 bits per heavy atom. The minimum atomic E-state index is -1.35. The molecule has 178 valence electrons. The van der Waals surface area contributed by atoms with E-state index in [4.69, 9.17) is 10.5 Å². The number of benzene rings is 1. The summed E-state index contributed by atoms with van der Waals surface area (Å²) in [7, 11) is 1.37. The Bertz CT molecular complexity index is 857. The molecule has 0 heterocycles. The lowest BCUT2D eigenvalue weighted by molar-refractivity contribution is -0.142. The van der Waals surface area contributed by atoms with Gasteiger partial charge >= 0.3 is 6.09 Å². The zero-order chi connectivity index (χ0) is 24.9. The van der Waals surface area contributed by atoms with Gasteiger partial charge in [0.1, 0.15) is 23.4 Å². The second-order valence-corrected chi connectivity index (χ2v) is 9.56. The number of amides is 4. The fourth-order valence-corrected chi connectivity index (χ4v) is 2.91. The molecule has 0 saturated carbocycles. The number of nitrogens with one attached hydrogen (secondary N) is 2. The smallest absolute Gasteiger partial charge is 0.408 e. The lowest BCUT2D eigenvalue weighted by Gasteiger charge is -2.33. The van der Waals surface area contributed by atoms with E-state index < -0.39 is 53.5 Å². The van der Waals surface area contributed by atoms with Crippen molar-refractivity contribution >= 4 is 23.8 Å². The number of carbonyl (C=O) groups excluding carboxylic acids is 4. The van der Waals surface area contributed by atoms with E-state index in [1.165, 1.54) is 19.2 Å². The van der Waals surface area contributed by atoms with Gasteiger partial charge in [0.25, 0.3) is 0 Å². The van der Waals surface area contributed by atoms with Gasteiger partial charge in [-0.3, -0.25) is 14.4 Å². The van der Waals surface area contributed by atoms with Gasteiger partial charge in [-0.15, -0.1) is 0 Å². The van der Waals surface area contributed by atoms with Crippen molar-refractivity contribution in [2.75, 3.05) is 7.05 Å². The molecule has 0 radical (unpaired) electrons. The molecule has 1 rings (SSSR count). The molecule has 0 aromatic heterocycles. The summed E-state index contributed by atoms with van der Waals surface area (Å²) in [6, 6.07) is 3.42. The summed E-state index contributed by atoms with van der Waals surface area (Å²) >= 11 is 0. The van der Waals surface area contributed by atoms with Crippen LogP contribution in [-0.2, 0) is 19.1 Å². The number of hydrogen-bond donors (Lipinski definition) is 4. The Morgan fingerprint density at radius 1 is 1.12 bits per heavy atom. The van der Waals surface area contributed by atoms with Crippen molar-refractivity contribution in [2.45, 2.75) is 71.2 Å². The molecule has 0 saturated heterocycles. The van der Waals surface area contributed by atoms with E-state index in [1.54, 1.807) is 53.7 Å². The van der Waals surface area contributed by atoms with Crippen molar-refractivity contribution in [3.8, 4) is 5.75 Å². The van der Waals surface area contributed by atoms with Crippen molar-refractivity contribution in [1.82, 2.24) is 15.5 Å². The van der Waals surface area contributed by atoms with Crippen LogP contribution in [0.4, 0.5) is 4.79 Å². The molecule has 4 amide bonds. The SMILES string of the molecule is CN(C(=O)C(CC(N)=O)NC(=O)OC(C)(C)C)C(C(=O)NC(C)(C)C)c1cccc(O)c1. The van der Waals surface area contributed by atoms with Crippen molar-refractivity contribution in [3.05, 3.63) is 29.8 Å². The van der Waals surface area contributed by atoms with Gasteiger partial charge in [0.05, 0.1) is 6.42 Å². The fraction of sp³-hybridized carbons (Fsp3) is 0.545. The number of ether oxygens (including phenoxy) is 1. The van der Waals surface area contributed by atoms with Crippen LogP contribution < -0.4 is 16.4 Å². The number of rotatable bonds is 7. The first-order valence-electron chi connectivity index (χ1n) is 10.2. The van der Waals surface area contributed by atoms with Gasteiger partial charge in [-0.25, -0.2) is 4.79 Å². The number of alkyl carbamates (subject to hydrolysis) is 1. The number of primary amides is 1. The lowest BCUT2D eigenvalue weighted by atomic mass is 10.0. The maximum Gasteiger partial charge on any atom is 0.408 e. The highest BCUT2D eigenvalue weighted by Crippen LogP contribution is 2.25. The predicted octanol–water partition coefficient (Wildman–Crippen LogP) is 1.58. The van der Waals surface area contributed by atoms with Crippen molar-refractivity contribution < 1.29 is 29.0 Å². The lowest BCUT2D eigenvalue weighted by Crippen LogP contribution is -2.54. The number of nitrogens with zero attached hydrogens (tertiary/aromatic N) is 1. The molecule has 0 aliphatic rings. The molecule has 0 spiro atoms. The number of aromatic hydroxyl groups is 1. The first kappa shape index (κ1) is 26.7. The number of phenolic OH excluding ortho intramolecular Hbond substituents is 1. The molecular weight excluding hydrogens is 416 g/mol. The second kappa shape index (κ2) is 10.3. The van der Waals surface area contributed by atoms with Crippen LogP contribution in [0.1, 0.15) is 59.6 Å². The number of nitrogens with two attached hydrogens (primary N) is 1. The molecule has 0 aliphatic heterocycles. The van der Waals surface area contributed by atoms with Gasteiger partial charge < -0.3 is 31.1 Å². The van der Waals surface area contributed by atoms with Crippen LogP contribution in [0.25, 0.3) is 0 Å². The highest BCUT2D eigenvalue weighted by atomic mass is 16.6. The summed E-state index contributed by atoms with van der Waals surface area (Å²) in [4.78, 5) is 51.2. The van der Waals surface area contributed by atoms with Gasteiger partial charge in [0, 0.05) is 12.6 Å². The number of hydrogen-bond acceptors (Lipinski definition) is 6. The third-order valence-electron chi connectivity index (χ3n) is 4.06. The van der Waals surface area contributed by atoms with Gasteiger partial charge in [-0.2, -0.15) is 0 Å². The Morgan fingerprint density at radius 3 is 2.19 bits per heavy atom. The quantitative estimate of drug-likeness (QED) is 0.495. The van der Waals surface area contributed by atoms with Gasteiger partial charge in [-0.05, 0) is 59.2 Å². The normalized spacial score (nSPS) is 13.5. The van der Waals surface area contributed by atoms with Crippen LogP contribution in [0.5, 0.6) is 5.75 Å². The van der Waals surface area contributed by atoms with Crippen LogP contribution >= 0.6 is 0 Å². The maximum absolute atomic E-state index is 13.3. The Balaban J connectivity index is 3.29. The summed E-state index contributed by atoms with van der Waals surface area (Å²) in [6.45, 7) is 10.3. The van der Waals surface area contributed by atoms with E-state index in [0.29, 0.717) is 5.56 Å². The minimum Gasteiger partial charge on any atom is -0.508 e. The van der Waals surface area contributed by atoms with E-state index in [-0.39, 0.29) is 5.75 Å². The van der Waals surface area contributed by atoms with E-state index >= 15 is 0 Å². The molecule has 10 nitrogen and oxygen atoms in total.